The fourth-order valence-electron chi connectivity index (χ4n) is 4.79. The summed E-state index contributed by atoms with van der Waals surface area (Å²) in [7, 11) is 0. The van der Waals surface area contributed by atoms with Crippen molar-refractivity contribution >= 4 is 17.8 Å². The van der Waals surface area contributed by atoms with E-state index in [4.69, 9.17) is 9.47 Å². The maximum absolute atomic E-state index is 13.5. The van der Waals surface area contributed by atoms with E-state index in [0.29, 0.717) is 13.0 Å². The lowest BCUT2D eigenvalue weighted by molar-refractivity contribution is -0.147. The van der Waals surface area contributed by atoms with E-state index in [2.05, 4.69) is 0 Å². The third kappa shape index (κ3) is 3.66. The summed E-state index contributed by atoms with van der Waals surface area (Å²) >= 11 is 0. The third-order valence-electron chi connectivity index (χ3n) is 6.42. The number of ether oxygens (including phenoxy) is 2. The number of hydrogen-bond donors (Lipinski definition) is 0. The highest BCUT2D eigenvalue weighted by atomic mass is 16.6. The van der Waals surface area contributed by atoms with Crippen molar-refractivity contribution in [3.63, 3.8) is 0 Å². The monoisotopic (exact) mass is 434 g/mol. The minimum absolute atomic E-state index is 0.152. The van der Waals surface area contributed by atoms with Crippen LogP contribution in [0.5, 0.6) is 0 Å². The first-order valence-corrected chi connectivity index (χ1v) is 11.2. The lowest BCUT2D eigenvalue weighted by atomic mass is 10.1. The Morgan fingerprint density at radius 3 is 2.28 bits per heavy atom. The van der Waals surface area contributed by atoms with Gasteiger partial charge < -0.3 is 19.3 Å². The molecule has 5 atom stereocenters. The van der Waals surface area contributed by atoms with Gasteiger partial charge in [-0.15, -0.1) is 0 Å². The molecule has 5 rings (SSSR count). The first-order chi connectivity index (χ1) is 15.6. The molecule has 3 saturated heterocycles. The highest BCUT2D eigenvalue weighted by molar-refractivity contribution is 5.97. The highest BCUT2D eigenvalue weighted by Crippen LogP contribution is 2.46. The molecule has 0 N–H and O–H groups in total. The van der Waals surface area contributed by atoms with Crippen molar-refractivity contribution in [2.24, 2.45) is 0 Å². The zero-order chi connectivity index (χ0) is 22.2. The van der Waals surface area contributed by atoms with E-state index in [9.17, 15) is 14.4 Å². The van der Waals surface area contributed by atoms with Gasteiger partial charge in [0.05, 0.1) is 12.6 Å². The topological polar surface area (TPSA) is 79.2 Å². The van der Waals surface area contributed by atoms with Crippen LogP contribution in [0.4, 0.5) is 0 Å². The molecule has 32 heavy (non-hydrogen) atoms. The third-order valence-corrected chi connectivity index (χ3v) is 6.42. The van der Waals surface area contributed by atoms with Gasteiger partial charge in [0.15, 0.2) is 12.1 Å². The van der Waals surface area contributed by atoms with E-state index < -0.39 is 24.2 Å². The summed E-state index contributed by atoms with van der Waals surface area (Å²) in [5, 5.41) is 0. The molecule has 0 radical (unpaired) electrons. The van der Waals surface area contributed by atoms with E-state index in [1.54, 1.807) is 16.7 Å². The summed E-state index contributed by atoms with van der Waals surface area (Å²) in [5.41, 5.74) is 1.86. The first kappa shape index (κ1) is 20.7. The van der Waals surface area contributed by atoms with E-state index in [-0.39, 0.29) is 30.6 Å². The molecule has 2 aromatic rings. The smallest absolute Gasteiger partial charge is 0.331 e. The SMILES string of the molecule is CCOC(=O)[C@@H]1[C@@H](c2ccccc2)N1C(=O)[C@@H]1CCCN1C(=O)C1OC1c1ccccc1. The van der Waals surface area contributed by atoms with Crippen LogP contribution < -0.4 is 0 Å². The zero-order valence-corrected chi connectivity index (χ0v) is 17.9. The molecule has 3 fully saturated rings. The lowest BCUT2D eigenvalue weighted by Gasteiger charge is -2.24. The van der Waals surface area contributed by atoms with Crippen LogP contribution in [0.15, 0.2) is 60.7 Å². The maximum Gasteiger partial charge on any atom is 0.331 e. The average Bonchev–Trinajstić information content (AvgIpc) is 3.73. The Morgan fingerprint density at radius 1 is 0.969 bits per heavy atom. The molecule has 3 heterocycles. The summed E-state index contributed by atoms with van der Waals surface area (Å²) in [6.45, 7) is 2.53. The number of carbonyl (C=O) groups is 3. The largest absolute Gasteiger partial charge is 0.464 e. The van der Waals surface area contributed by atoms with E-state index in [0.717, 1.165) is 17.5 Å². The second kappa shape index (κ2) is 8.39. The number of esters is 1. The zero-order valence-electron chi connectivity index (χ0n) is 17.9. The predicted molar refractivity (Wildman–Crippen MR) is 115 cm³/mol. The van der Waals surface area contributed by atoms with Crippen molar-refractivity contribution in [1.29, 1.82) is 0 Å². The molecule has 7 nitrogen and oxygen atoms in total. The van der Waals surface area contributed by atoms with Crippen LogP contribution in [-0.4, -0.2) is 58.9 Å². The fourth-order valence-corrected chi connectivity index (χ4v) is 4.79. The van der Waals surface area contributed by atoms with Crippen LogP contribution in [0, 0.1) is 0 Å². The Morgan fingerprint density at radius 2 is 1.62 bits per heavy atom. The van der Waals surface area contributed by atoms with Crippen molar-refractivity contribution in [3.05, 3.63) is 71.8 Å². The van der Waals surface area contributed by atoms with E-state index >= 15 is 0 Å². The summed E-state index contributed by atoms with van der Waals surface area (Å²) in [6, 6.07) is 17.5. The number of nitrogens with zero attached hydrogens (tertiary/aromatic N) is 2. The van der Waals surface area contributed by atoms with Gasteiger partial charge in [0, 0.05) is 6.54 Å². The fraction of sp³-hybridized carbons (Fsp3) is 0.400. The van der Waals surface area contributed by atoms with Gasteiger partial charge in [0.1, 0.15) is 12.1 Å². The number of carbonyl (C=O) groups excluding carboxylic acids is 3. The van der Waals surface area contributed by atoms with Gasteiger partial charge >= 0.3 is 5.97 Å². The van der Waals surface area contributed by atoms with Gasteiger partial charge in [0.2, 0.25) is 5.91 Å². The van der Waals surface area contributed by atoms with Crippen molar-refractivity contribution in [1.82, 2.24) is 9.80 Å². The summed E-state index contributed by atoms with van der Waals surface area (Å²) in [5.74, 6) is -0.750. The molecular weight excluding hydrogens is 408 g/mol. The minimum atomic E-state index is -0.642. The Kier molecular flexibility index (Phi) is 5.43. The van der Waals surface area contributed by atoms with Crippen LogP contribution in [0.1, 0.15) is 43.0 Å². The number of amides is 2. The van der Waals surface area contributed by atoms with Crippen LogP contribution in [0.25, 0.3) is 0 Å². The second-order valence-corrected chi connectivity index (χ2v) is 8.38. The van der Waals surface area contributed by atoms with Crippen LogP contribution in [-0.2, 0) is 23.9 Å². The van der Waals surface area contributed by atoms with Crippen LogP contribution >= 0.6 is 0 Å². The van der Waals surface area contributed by atoms with Gasteiger partial charge in [0.25, 0.3) is 5.91 Å². The minimum Gasteiger partial charge on any atom is -0.464 e. The predicted octanol–water partition coefficient (Wildman–Crippen LogP) is 2.63. The summed E-state index contributed by atoms with van der Waals surface area (Å²) in [4.78, 5) is 42.4. The van der Waals surface area contributed by atoms with Crippen molar-refractivity contribution in [3.8, 4) is 0 Å². The van der Waals surface area contributed by atoms with Gasteiger partial charge in [-0.2, -0.15) is 0 Å². The molecule has 0 aliphatic carbocycles. The molecule has 0 aromatic heterocycles. The van der Waals surface area contributed by atoms with E-state index in [1.807, 2.05) is 60.7 Å². The Balaban J connectivity index is 1.31. The van der Waals surface area contributed by atoms with Gasteiger partial charge in [-0.25, -0.2) is 4.79 Å². The molecule has 0 spiro atoms. The van der Waals surface area contributed by atoms with Crippen molar-refractivity contribution in [2.75, 3.05) is 13.2 Å². The van der Waals surface area contributed by atoms with Gasteiger partial charge in [-0.05, 0) is 30.9 Å². The molecule has 2 aromatic carbocycles. The Labute approximate surface area is 186 Å². The first-order valence-electron chi connectivity index (χ1n) is 11.2. The van der Waals surface area contributed by atoms with E-state index in [1.165, 1.54) is 0 Å². The standard InChI is InChI=1S/C25H26N2O5/c1-2-31-25(30)20-19(16-10-5-3-6-11-16)27(20)23(28)18-14-9-15-26(18)24(29)22-21(32-22)17-12-7-4-8-13-17/h3-8,10-13,18-22H,2,9,14-15H2,1H3/t18-,19+,20-,21?,22?,27?/m0/s1. The number of epoxide rings is 1. The van der Waals surface area contributed by atoms with Gasteiger partial charge in [-0.1, -0.05) is 60.7 Å². The van der Waals surface area contributed by atoms with Crippen LogP contribution in [0.3, 0.4) is 0 Å². The van der Waals surface area contributed by atoms with Gasteiger partial charge in [-0.3, -0.25) is 9.59 Å². The molecule has 2 amide bonds. The molecule has 7 heteroatoms. The number of rotatable bonds is 6. The number of likely N-dealkylation sites (tertiary alicyclic amines) is 1. The quantitative estimate of drug-likeness (QED) is 0.516. The average molecular weight is 434 g/mol. The molecule has 2 unspecified atom stereocenters. The number of benzene rings is 2. The molecular formula is C25H26N2O5. The molecule has 166 valence electrons. The summed E-state index contributed by atoms with van der Waals surface area (Å²) in [6.07, 6.45) is 0.524. The van der Waals surface area contributed by atoms with Crippen LogP contribution in [0.2, 0.25) is 0 Å². The normalized spacial score (nSPS) is 28.3. The van der Waals surface area contributed by atoms with Crippen molar-refractivity contribution < 1.29 is 23.9 Å². The molecule has 0 saturated carbocycles. The second-order valence-electron chi connectivity index (χ2n) is 8.38. The summed E-state index contributed by atoms with van der Waals surface area (Å²) < 4.78 is 10.9. The Bertz CT molecular complexity index is 1010. The molecule has 3 aliphatic rings. The highest BCUT2D eigenvalue weighted by Gasteiger charge is 2.60. The Hall–Kier alpha value is -3.19. The lowest BCUT2D eigenvalue weighted by Crippen LogP contribution is -2.45. The molecule has 0 bridgehead atoms. The van der Waals surface area contributed by atoms with Crippen molar-refractivity contribution in [2.45, 2.75) is 50.1 Å². The maximum atomic E-state index is 13.5. The molecule has 3 aliphatic heterocycles. The number of hydrogen-bond acceptors (Lipinski definition) is 5.